The van der Waals surface area contributed by atoms with E-state index in [4.69, 9.17) is 9.97 Å². The van der Waals surface area contributed by atoms with E-state index in [0.29, 0.717) is 0 Å². The minimum Gasteiger partial charge on any atom is -0.292 e. The van der Waals surface area contributed by atoms with Gasteiger partial charge in [0.05, 0.1) is 22.2 Å². The van der Waals surface area contributed by atoms with Gasteiger partial charge < -0.3 is 0 Å². The quantitative estimate of drug-likeness (QED) is 0.178. The molecule has 1 aliphatic carbocycles. The molecule has 0 radical (unpaired) electrons. The zero-order valence-electron chi connectivity index (χ0n) is 33.8. The Morgan fingerprint density at radius 3 is 2.02 bits per heavy atom. The van der Waals surface area contributed by atoms with Crippen molar-refractivity contribution in [2.45, 2.75) is 29.1 Å². The van der Waals surface area contributed by atoms with Crippen molar-refractivity contribution in [1.29, 1.82) is 0 Å². The summed E-state index contributed by atoms with van der Waals surface area (Å²) < 4.78 is 2.24. The van der Waals surface area contributed by atoms with Gasteiger partial charge in [-0.2, -0.15) is 0 Å². The molecule has 12 rings (SSSR count). The molecule has 0 saturated carbocycles. The summed E-state index contributed by atoms with van der Waals surface area (Å²) >= 11 is 1.88. The molecule has 4 heteroatoms. The lowest BCUT2D eigenvalue weighted by Crippen LogP contribution is -2.15. The van der Waals surface area contributed by atoms with Gasteiger partial charge in [-0.15, -0.1) is 0 Å². The number of benzene rings is 7. The predicted octanol–water partition coefficient (Wildman–Crippen LogP) is 15.2. The van der Waals surface area contributed by atoms with Crippen molar-refractivity contribution in [3.05, 3.63) is 210 Å². The monoisotopic (exact) mass is 797 g/mol. The van der Waals surface area contributed by atoms with E-state index in [1.54, 1.807) is 0 Å². The molecule has 0 atom stereocenters. The molecule has 0 saturated heterocycles. The van der Waals surface area contributed by atoms with Gasteiger partial charge in [-0.05, 0) is 127 Å². The Bertz CT molecular complexity index is 3410. The van der Waals surface area contributed by atoms with E-state index in [1.807, 2.05) is 36.2 Å². The fourth-order valence-corrected chi connectivity index (χ4v) is 10.8. The second-order valence-electron chi connectivity index (χ2n) is 16.6. The lowest BCUT2D eigenvalue weighted by molar-refractivity contribution is 0.659. The van der Waals surface area contributed by atoms with Gasteiger partial charge in [0.1, 0.15) is 5.82 Å². The van der Waals surface area contributed by atoms with Gasteiger partial charge >= 0.3 is 0 Å². The van der Waals surface area contributed by atoms with Crippen LogP contribution in [0.5, 0.6) is 0 Å². The Hall–Kier alpha value is -7.27. The minimum atomic E-state index is -0.122. The van der Waals surface area contributed by atoms with Crippen LogP contribution in [0.15, 0.2) is 198 Å². The molecule has 0 fully saturated rings. The number of rotatable bonds is 3. The molecular weight excluding hydrogens is 759 g/mol. The maximum Gasteiger partial charge on any atom is 0.137 e. The van der Waals surface area contributed by atoms with E-state index < -0.39 is 0 Å². The highest BCUT2D eigenvalue weighted by Crippen LogP contribution is 2.54. The summed E-state index contributed by atoms with van der Waals surface area (Å²) in [4.78, 5) is 12.6. The third kappa shape index (κ3) is 5.74. The Morgan fingerprint density at radius 1 is 0.459 bits per heavy atom. The molecule has 0 spiro atoms. The summed E-state index contributed by atoms with van der Waals surface area (Å²) in [6.07, 6.45) is 6.46. The van der Waals surface area contributed by atoms with E-state index in [9.17, 15) is 0 Å². The lowest BCUT2D eigenvalue weighted by Gasteiger charge is -2.23. The molecule has 61 heavy (non-hydrogen) atoms. The summed E-state index contributed by atoms with van der Waals surface area (Å²) in [6.45, 7) is 4.75. The van der Waals surface area contributed by atoms with Crippen LogP contribution in [0.1, 0.15) is 36.1 Å². The average molecular weight is 798 g/mol. The molecule has 7 aromatic carbocycles. The Balaban J connectivity index is 1.10. The third-order valence-corrected chi connectivity index (χ3v) is 13.8. The van der Waals surface area contributed by atoms with Crippen LogP contribution in [0.25, 0.3) is 95.7 Å². The molecule has 2 aliphatic rings. The van der Waals surface area contributed by atoms with Crippen molar-refractivity contribution in [2.24, 2.45) is 0 Å². The molecular formula is C57H39N3S. The maximum absolute atomic E-state index is 5.35. The Labute approximate surface area is 359 Å². The topological polar surface area (TPSA) is 30.7 Å². The van der Waals surface area contributed by atoms with E-state index >= 15 is 0 Å². The molecule has 10 aromatic rings. The van der Waals surface area contributed by atoms with Gasteiger partial charge in [0, 0.05) is 32.4 Å². The fourth-order valence-electron chi connectivity index (χ4n) is 9.66. The Kier molecular flexibility index (Phi) is 8.13. The van der Waals surface area contributed by atoms with Crippen molar-refractivity contribution < 1.29 is 0 Å². The summed E-state index contributed by atoms with van der Waals surface area (Å²) in [6, 6.07) is 66.2. The van der Waals surface area contributed by atoms with Gasteiger partial charge in [0.15, 0.2) is 0 Å². The van der Waals surface area contributed by atoms with E-state index in [1.165, 1.54) is 65.4 Å². The molecule has 4 heterocycles. The SMILES string of the molecule is CC1(C)c2ccccc2-c2cc3c(cc21)Sc1ccccc1-c1ccccc1/C=C\c1ccc(-c2ccc4c(c2)c2nc(-c5ccccc5)ccc2n4-c2ccccn2)cc1-3. The zero-order valence-corrected chi connectivity index (χ0v) is 34.6. The third-order valence-electron chi connectivity index (χ3n) is 12.7. The predicted molar refractivity (Wildman–Crippen MR) is 255 cm³/mol. The van der Waals surface area contributed by atoms with Crippen molar-refractivity contribution in [2.75, 3.05) is 0 Å². The smallest absolute Gasteiger partial charge is 0.137 e. The first-order valence-corrected chi connectivity index (χ1v) is 21.7. The van der Waals surface area contributed by atoms with Crippen molar-refractivity contribution in [1.82, 2.24) is 14.5 Å². The highest BCUT2D eigenvalue weighted by atomic mass is 32.2. The first-order valence-electron chi connectivity index (χ1n) is 20.9. The molecule has 0 N–H and O–H groups in total. The van der Waals surface area contributed by atoms with Crippen molar-refractivity contribution >= 4 is 45.9 Å². The summed E-state index contributed by atoms with van der Waals surface area (Å²) in [7, 11) is 0. The van der Waals surface area contributed by atoms with Gasteiger partial charge in [-0.3, -0.25) is 4.57 Å². The maximum atomic E-state index is 5.35. The average Bonchev–Trinajstić information content (AvgIpc) is 3.75. The number of hydrogen-bond acceptors (Lipinski definition) is 3. The molecule has 3 aromatic heterocycles. The van der Waals surface area contributed by atoms with Gasteiger partial charge in [-0.1, -0.05) is 159 Å². The highest BCUT2D eigenvalue weighted by Gasteiger charge is 2.36. The summed E-state index contributed by atoms with van der Waals surface area (Å²) in [5, 5.41) is 1.09. The molecule has 3 nitrogen and oxygen atoms in total. The number of aromatic nitrogens is 3. The van der Waals surface area contributed by atoms with E-state index in [0.717, 1.165) is 50.1 Å². The first-order chi connectivity index (χ1) is 30.0. The highest BCUT2D eigenvalue weighted by molar-refractivity contribution is 7.99. The number of fused-ring (bicyclic) bond motifs is 12. The van der Waals surface area contributed by atoms with Crippen LogP contribution < -0.4 is 0 Å². The number of hydrogen-bond donors (Lipinski definition) is 0. The van der Waals surface area contributed by atoms with E-state index in [2.05, 4.69) is 194 Å². The van der Waals surface area contributed by atoms with Crippen LogP contribution in [-0.2, 0) is 5.41 Å². The van der Waals surface area contributed by atoms with Gasteiger partial charge in [-0.25, -0.2) is 9.97 Å². The van der Waals surface area contributed by atoms with Gasteiger partial charge in [0.25, 0.3) is 0 Å². The summed E-state index contributed by atoms with van der Waals surface area (Å²) in [5.41, 5.74) is 20.0. The second kappa shape index (κ2) is 13.9. The number of pyridine rings is 2. The first kappa shape index (κ1) is 35.7. The zero-order chi connectivity index (χ0) is 40.7. The minimum absolute atomic E-state index is 0.122. The van der Waals surface area contributed by atoms with Crippen LogP contribution in [0, 0.1) is 0 Å². The normalized spacial score (nSPS) is 13.9. The Morgan fingerprint density at radius 2 is 1.16 bits per heavy atom. The van der Waals surface area contributed by atoms with Crippen LogP contribution >= 0.6 is 11.8 Å². The van der Waals surface area contributed by atoms with Crippen LogP contribution in [0.4, 0.5) is 0 Å². The standard InChI is InChI=1S/C57H39N3S/c1-57(2)48-20-10-8-18-42(48)45-34-46-44-32-39(26-25-37(44)24-23-36-14-6-7-17-41(36)43-19-9-11-21-53(43)61-54(46)35-49(45)57)40-27-29-51-47(33-40)56-52(60(51)55-22-12-13-31-58-55)30-28-50(59-56)38-15-4-3-5-16-38/h3-35H,1-2H3/b24-23-. The molecule has 1 aliphatic heterocycles. The van der Waals surface area contributed by atoms with Crippen LogP contribution in [0.3, 0.4) is 0 Å². The molecule has 288 valence electrons. The van der Waals surface area contributed by atoms with Crippen LogP contribution in [-0.4, -0.2) is 14.5 Å². The molecule has 0 bridgehead atoms. The lowest BCUT2D eigenvalue weighted by atomic mass is 9.82. The second-order valence-corrected chi connectivity index (χ2v) is 17.7. The largest absolute Gasteiger partial charge is 0.292 e. The van der Waals surface area contributed by atoms with Crippen molar-refractivity contribution in [3.63, 3.8) is 0 Å². The molecule has 0 unspecified atom stereocenters. The fraction of sp³-hybridized carbons (Fsp3) is 0.0526. The molecule has 0 amide bonds. The number of nitrogens with zero attached hydrogens (tertiary/aromatic N) is 3. The summed E-state index contributed by atoms with van der Waals surface area (Å²) in [5.74, 6) is 0.870. The van der Waals surface area contributed by atoms with Crippen molar-refractivity contribution in [3.8, 4) is 61.6 Å². The van der Waals surface area contributed by atoms with Gasteiger partial charge in [0.2, 0.25) is 0 Å². The van der Waals surface area contributed by atoms with E-state index in [-0.39, 0.29) is 5.41 Å². The van der Waals surface area contributed by atoms with Crippen LogP contribution in [0.2, 0.25) is 0 Å².